The zero-order chi connectivity index (χ0) is 14.5. The highest BCUT2D eigenvalue weighted by atomic mass is 16.5. The lowest BCUT2D eigenvalue weighted by atomic mass is 9.84. The van der Waals surface area contributed by atoms with Crippen molar-refractivity contribution in [2.24, 2.45) is 11.7 Å². The van der Waals surface area contributed by atoms with Gasteiger partial charge in [-0.25, -0.2) is 0 Å². The zero-order valence-electron chi connectivity index (χ0n) is 12.8. The molecular formula is C17H27N3O. The van der Waals surface area contributed by atoms with Gasteiger partial charge in [-0.1, -0.05) is 12.8 Å². The van der Waals surface area contributed by atoms with Crippen LogP contribution in [0.15, 0.2) is 24.3 Å². The largest absolute Gasteiger partial charge is 0.382 e. The third-order valence-corrected chi connectivity index (χ3v) is 4.81. The number of nitrogens with two attached hydrogens (primary N) is 1. The molecular weight excluding hydrogens is 262 g/mol. The maximum atomic E-state index is 5.91. The second-order valence-corrected chi connectivity index (χ2v) is 6.18. The Balaban J connectivity index is 1.61. The Hall–Kier alpha value is -1.26. The highest BCUT2D eigenvalue weighted by Gasteiger charge is 2.23. The van der Waals surface area contributed by atoms with E-state index in [0.717, 1.165) is 32.8 Å². The molecule has 0 spiro atoms. The Morgan fingerprint density at radius 1 is 1.10 bits per heavy atom. The molecule has 1 heterocycles. The smallest absolute Gasteiger partial charge is 0.0642 e. The summed E-state index contributed by atoms with van der Waals surface area (Å²) in [6, 6.07) is 9.37. The average molecular weight is 289 g/mol. The molecule has 21 heavy (non-hydrogen) atoms. The molecule has 4 nitrogen and oxygen atoms in total. The molecule has 0 aromatic heterocycles. The van der Waals surface area contributed by atoms with E-state index in [1.54, 1.807) is 0 Å². The Labute approximate surface area is 127 Å². The van der Waals surface area contributed by atoms with Crippen molar-refractivity contribution in [1.29, 1.82) is 0 Å². The standard InChI is InChI=1S/C17H27N3O/c18-13-14-3-1-2-4-17(14)19-15-5-7-16(8-6-15)20-9-11-21-12-10-20/h5-8,14,17,19H,1-4,9-13,18H2. The van der Waals surface area contributed by atoms with Gasteiger partial charge in [-0.3, -0.25) is 0 Å². The third-order valence-electron chi connectivity index (χ3n) is 4.81. The van der Waals surface area contributed by atoms with E-state index >= 15 is 0 Å². The molecule has 4 heteroatoms. The van der Waals surface area contributed by atoms with Crippen molar-refractivity contribution in [3.05, 3.63) is 24.3 Å². The molecule has 116 valence electrons. The van der Waals surface area contributed by atoms with E-state index < -0.39 is 0 Å². The molecule has 0 bridgehead atoms. The van der Waals surface area contributed by atoms with E-state index in [4.69, 9.17) is 10.5 Å². The van der Waals surface area contributed by atoms with Crippen LogP contribution in [0.3, 0.4) is 0 Å². The minimum absolute atomic E-state index is 0.540. The number of rotatable bonds is 4. The lowest BCUT2D eigenvalue weighted by Gasteiger charge is -2.32. The van der Waals surface area contributed by atoms with Crippen molar-refractivity contribution < 1.29 is 4.74 Å². The van der Waals surface area contributed by atoms with Gasteiger partial charge >= 0.3 is 0 Å². The maximum Gasteiger partial charge on any atom is 0.0642 e. The number of nitrogens with zero attached hydrogens (tertiary/aromatic N) is 1. The summed E-state index contributed by atoms with van der Waals surface area (Å²) in [7, 11) is 0. The molecule has 3 N–H and O–H groups in total. The SMILES string of the molecule is NCC1CCCCC1Nc1ccc(N2CCOCC2)cc1. The number of anilines is 2. The molecule has 0 radical (unpaired) electrons. The van der Waals surface area contributed by atoms with Crippen LogP contribution in [0.5, 0.6) is 0 Å². The quantitative estimate of drug-likeness (QED) is 0.894. The average Bonchev–Trinajstić information content (AvgIpc) is 2.57. The normalized spacial score (nSPS) is 26.6. The van der Waals surface area contributed by atoms with Gasteiger partial charge in [0.25, 0.3) is 0 Å². The Kier molecular flexibility index (Phi) is 4.99. The van der Waals surface area contributed by atoms with Crippen molar-refractivity contribution in [3.63, 3.8) is 0 Å². The van der Waals surface area contributed by atoms with Gasteiger partial charge in [-0.2, -0.15) is 0 Å². The molecule has 0 amide bonds. The number of ether oxygens (including phenoxy) is 1. The monoisotopic (exact) mass is 289 g/mol. The van der Waals surface area contributed by atoms with Crippen LogP contribution in [0.4, 0.5) is 11.4 Å². The number of nitrogens with one attached hydrogen (secondary N) is 1. The lowest BCUT2D eigenvalue weighted by Crippen LogP contribution is -2.37. The van der Waals surface area contributed by atoms with Gasteiger partial charge in [0.1, 0.15) is 0 Å². The van der Waals surface area contributed by atoms with Crippen LogP contribution in [0.25, 0.3) is 0 Å². The molecule has 1 aliphatic carbocycles. The summed E-state index contributed by atoms with van der Waals surface area (Å²) >= 11 is 0. The first kappa shape index (κ1) is 14.7. The van der Waals surface area contributed by atoms with Crippen LogP contribution >= 0.6 is 0 Å². The van der Waals surface area contributed by atoms with Crippen molar-refractivity contribution in [2.45, 2.75) is 31.7 Å². The Morgan fingerprint density at radius 2 is 1.81 bits per heavy atom. The van der Waals surface area contributed by atoms with E-state index in [9.17, 15) is 0 Å². The highest BCUT2D eigenvalue weighted by Crippen LogP contribution is 2.27. The van der Waals surface area contributed by atoms with Gasteiger partial charge < -0.3 is 20.7 Å². The first-order valence-electron chi connectivity index (χ1n) is 8.26. The molecule has 1 aromatic rings. The minimum atomic E-state index is 0.540. The fourth-order valence-electron chi connectivity index (χ4n) is 3.48. The summed E-state index contributed by atoms with van der Waals surface area (Å²) in [6.45, 7) is 4.44. The number of benzene rings is 1. The first-order chi connectivity index (χ1) is 10.4. The fraction of sp³-hybridized carbons (Fsp3) is 0.647. The summed E-state index contributed by atoms with van der Waals surface area (Å²) in [6.07, 6.45) is 5.16. The molecule has 3 rings (SSSR count). The van der Waals surface area contributed by atoms with Crippen LogP contribution in [-0.4, -0.2) is 38.9 Å². The number of hydrogen-bond donors (Lipinski definition) is 2. The summed E-state index contributed by atoms with van der Waals surface area (Å²) < 4.78 is 5.40. The van der Waals surface area contributed by atoms with Crippen molar-refractivity contribution in [2.75, 3.05) is 43.1 Å². The van der Waals surface area contributed by atoms with E-state index in [2.05, 4.69) is 34.5 Å². The molecule has 2 aliphatic rings. The molecule has 2 atom stereocenters. The van der Waals surface area contributed by atoms with Crippen molar-refractivity contribution in [3.8, 4) is 0 Å². The van der Waals surface area contributed by atoms with E-state index in [1.165, 1.54) is 37.1 Å². The van der Waals surface area contributed by atoms with E-state index in [1.807, 2.05) is 0 Å². The zero-order valence-corrected chi connectivity index (χ0v) is 12.8. The number of morpholine rings is 1. The molecule has 1 saturated heterocycles. The molecule has 2 unspecified atom stereocenters. The predicted octanol–water partition coefficient (Wildman–Crippen LogP) is 2.45. The second-order valence-electron chi connectivity index (χ2n) is 6.18. The van der Waals surface area contributed by atoms with Crippen LogP contribution in [-0.2, 0) is 4.74 Å². The first-order valence-corrected chi connectivity index (χ1v) is 8.26. The summed E-state index contributed by atoms with van der Waals surface area (Å²) in [5.74, 6) is 0.623. The highest BCUT2D eigenvalue weighted by molar-refractivity contribution is 5.55. The minimum Gasteiger partial charge on any atom is -0.382 e. The predicted molar refractivity (Wildman–Crippen MR) is 87.9 cm³/mol. The molecule has 1 aliphatic heterocycles. The van der Waals surface area contributed by atoms with Crippen molar-refractivity contribution >= 4 is 11.4 Å². The molecule has 2 fully saturated rings. The van der Waals surface area contributed by atoms with Crippen LogP contribution < -0.4 is 16.0 Å². The van der Waals surface area contributed by atoms with Gasteiger partial charge in [0.05, 0.1) is 13.2 Å². The topological polar surface area (TPSA) is 50.5 Å². The Bertz CT molecular complexity index is 428. The summed E-state index contributed by atoms with van der Waals surface area (Å²) in [4.78, 5) is 2.39. The van der Waals surface area contributed by atoms with Gasteiger partial charge in [0.2, 0.25) is 0 Å². The number of hydrogen-bond acceptors (Lipinski definition) is 4. The summed E-state index contributed by atoms with van der Waals surface area (Å²) in [5, 5.41) is 3.69. The summed E-state index contributed by atoms with van der Waals surface area (Å²) in [5.41, 5.74) is 8.42. The van der Waals surface area contributed by atoms with Crippen LogP contribution in [0.2, 0.25) is 0 Å². The maximum absolute atomic E-state index is 5.91. The van der Waals surface area contributed by atoms with Gasteiger partial charge in [0, 0.05) is 30.5 Å². The third kappa shape index (κ3) is 3.69. The van der Waals surface area contributed by atoms with Gasteiger partial charge in [-0.05, 0) is 49.6 Å². The Morgan fingerprint density at radius 3 is 2.52 bits per heavy atom. The molecule has 1 saturated carbocycles. The van der Waals surface area contributed by atoms with Crippen LogP contribution in [0.1, 0.15) is 25.7 Å². The lowest BCUT2D eigenvalue weighted by molar-refractivity contribution is 0.122. The van der Waals surface area contributed by atoms with Gasteiger partial charge in [-0.15, -0.1) is 0 Å². The fourth-order valence-corrected chi connectivity index (χ4v) is 3.48. The van der Waals surface area contributed by atoms with E-state index in [-0.39, 0.29) is 0 Å². The van der Waals surface area contributed by atoms with Crippen LogP contribution in [0, 0.1) is 5.92 Å². The van der Waals surface area contributed by atoms with Gasteiger partial charge in [0.15, 0.2) is 0 Å². The second kappa shape index (κ2) is 7.14. The van der Waals surface area contributed by atoms with E-state index in [0.29, 0.717) is 12.0 Å². The van der Waals surface area contributed by atoms with Crippen molar-refractivity contribution in [1.82, 2.24) is 0 Å². The molecule has 1 aromatic carbocycles.